The molecule has 0 radical (unpaired) electrons. The van der Waals surface area contributed by atoms with Gasteiger partial charge in [0.15, 0.2) is 0 Å². The van der Waals surface area contributed by atoms with Gasteiger partial charge in [0.1, 0.15) is 0 Å². The van der Waals surface area contributed by atoms with Gasteiger partial charge in [0, 0.05) is 12.6 Å². The molecule has 1 heterocycles. The molecule has 2 rings (SSSR count). The van der Waals surface area contributed by atoms with Crippen molar-refractivity contribution in [2.75, 3.05) is 19.6 Å². The van der Waals surface area contributed by atoms with E-state index < -0.39 is 0 Å². The molecule has 0 aromatic carbocycles. The zero-order valence-corrected chi connectivity index (χ0v) is 11.7. The number of hydrogen-bond acceptors (Lipinski definition) is 3. The Kier molecular flexibility index (Phi) is 5.46. The van der Waals surface area contributed by atoms with E-state index in [1.807, 2.05) is 0 Å². The number of nitrogens with one attached hydrogen (secondary N) is 1. The molecule has 2 aliphatic rings. The second-order valence-corrected chi connectivity index (χ2v) is 5.82. The minimum atomic E-state index is 0.0415. The molecule has 0 bridgehead atoms. The molecule has 0 amide bonds. The summed E-state index contributed by atoms with van der Waals surface area (Å²) in [5.74, 6) is 0.951. The first-order chi connectivity index (χ1) is 8.85. The Bertz CT molecular complexity index is 278. The number of nitrogens with zero attached hydrogens (tertiary/aromatic N) is 2. The predicted molar refractivity (Wildman–Crippen MR) is 74.2 cm³/mol. The summed E-state index contributed by atoms with van der Waals surface area (Å²) in [6.07, 6.45) is 9.49. The first-order valence-electron chi connectivity index (χ1n) is 7.72. The van der Waals surface area contributed by atoms with Crippen LogP contribution in [0.15, 0.2) is 0 Å². The van der Waals surface area contributed by atoms with E-state index in [1.54, 1.807) is 0 Å². The molecule has 3 nitrogen and oxygen atoms in total. The minimum Gasteiger partial charge on any atom is -0.302 e. The van der Waals surface area contributed by atoms with Crippen molar-refractivity contribution < 1.29 is 0 Å². The van der Waals surface area contributed by atoms with Gasteiger partial charge in [-0.25, -0.2) is 0 Å². The molecule has 18 heavy (non-hydrogen) atoms. The molecule has 0 spiro atoms. The van der Waals surface area contributed by atoms with Gasteiger partial charge in [-0.1, -0.05) is 19.8 Å². The van der Waals surface area contributed by atoms with Crippen molar-refractivity contribution in [2.24, 2.45) is 5.92 Å². The Morgan fingerprint density at radius 3 is 2.72 bits per heavy atom. The van der Waals surface area contributed by atoms with Crippen LogP contribution in [0.3, 0.4) is 0 Å². The molecule has 2 unspecified atom stereocenters. The van der Waals surface area contributed by atoms with Gasteiger partial charge in [0.2, 0.25) is 0 Å². The highest BCUT2D eigenvalue weighted by Gasteiger charge is 2.33. The second-order valence-electron chi connectivity index (χ2n) is 5.82. The number of likely N-dealkylation sites (tertiary alicyclic amines) is 1. The first kappa shape index (κ1) is 13.8. The SMILES string of the molecule is CCNC(C#N)CCN1CCCC1C1CCCC1. The van der Waals surface area contributed by atoms with Gasteiger partial charge in [-0.3, -0.25) is 0 Å². The van der Waals surface area contributed by atoms with E-state index in [0.717, 1.165) is 31.5 Å². The van der Waals surface area contributed by atoms with Crippen molar-refractivity contribution in [2.45, 2.75) is 64.0 Å². The second kappa shape index (κ2) is 7.11. The van der Waals surface area contributed by atoms with Crippen LogP contribution in [0.4, 0.5) is 0 Å². The van der Waals surface area contributed by atoms with Crippen LogP contribution in [0.5, 0.6) is 0 Å². The van der Waals surface area contributed by atoms with Crippen molar-refractivity contribution >= 4 is 0 Å². The van der Waals surface area contributed by atoms with Crippen molar-refractivity contribution in [1.29, 1.82) is 5.26 Å². The van der Waals surface area contributed by atoms with Crippen molar-refractivity contribution in [3.05, 3.63) is 0 Å². The maximum atomic E-state index is 9.08. The molecule has 2 fully saturated rings. The Balaban J connectivity index is 1.78. The molecule has 1 saturated heterocycles. The van der Waals surface area contributed by atoms with Gasteiger partial charge in [0.25, 0.3) is 0 Å². The van der Waals surface area contributed by atoms with Gasteiger partial charge in [-0.15, -0.1) is 0 Å². The lowest BCUT2D eigenvalue weighted by Crippen LogP contribution is -2.38. The molecule has 0 aromatic rings. The summed E-state index contributed by atoms with van der Waals surface area (Å²) in [7, 11) is 0. The molecule has 1 aliphatic heterocycles. The van der Waals surface area contributed by atoms with Gasteiger partial charge in [-0.2, -0.15) is 5.26 Å². The molecule has 2 atom stereocenters. The van der Waals surface area contributed by atoms with E-state index in [4.69, 9.17) is 5.26 Å². The van der Waals surface area contributed by atoms with Crippen LogP contribution in [-0.4, -0.2) is 36.6 Å². The van der Waals surface area contributed by atoms with E-state index in [2.05, 4.69) is 23.2 Å². The van der Waals surface area contributed by atoms with E-state index in [-0.39, 0.29) is 6.04 Å². The Morgan fingerprint density at radius 1 is 1.28 bits per heavy atom. The Labute approximate surface area is 112 Å². The van der Waals surface area contributed by atoms with Crippen LogP contribution in [0.25, 0.3) is 0 Å². The van der Waals surface area contributed by atoms with Crippen LogP contribution < -0.4 is 5.32 Å². The molecular formula is C15H27N3. The zero-order chi connectivity index (χ0) is 12.8. The van der Waals surface area contributed by atoms with E-state index in [1.165, 1.54) is 45.1 Å². The molecule has 1 saturated carbocycles. The van der Waals surface area contributed by atoms with Crippen LogP contribution in [0.2, 0.25) is 0 Å². The summed E-state index contributed by atoms with van der Waals surface area (Å²) in [6.45, 7) is 5.32. The van der Waals surface area contributed by atoms with Gasteiger partial charge >= 0.3 is 0 Å². The fourth-order valence-corrected chi connectivity index (χ4v) is 3.76. The Morgan fingerprint density at radius 2 is 2.06 bits per heavy atom. The smallest absolute Gasteiger partial charge is 0.0965 e. The average molecular weight is 249 g/mol. The van der Waals surface area contributed by atoms with E-state index in [9.17, 15) is 0 Å². The lowest BCUT2D eigenvalue weighted by Gasteiger charge is -2.29. The lowest BCUT2D eigenvalue weighted by molar-refractivity contribution is 0.185. The summed E-state index contributed by atoms with van der Waals surface area (Å²) in [5, 5.41) is 12.3. The number of rotatable bonds is 6. The maximum Gasteiger partial charge on any atom is 0.0965 e. The van der Waals surface area contributed by atoms with E-state index >= 15 is 0 Å². The van der Waals surface area contributed by atoms with Gasteiger partial charge < -0.3 is 10.2 Å². The predicted octanol–water partition coefficient (Wildman–Crippen LogP) is 2.53. The van der Waals surface area contributed by atoms with E-state index in [0.29, 0.717) is 0 Å². The maximum absolute atomic E-state index is 9.08. The highest BCUT2D eigenvalue weighted by atomic mass is 15.2. The summed E-state index contributed by atoms with van der Waals surface area (Å²) in [5.41, 5.74) is 0. The third-order valence-corrected chi connectivity index (χ3v) is 4.67. The Hall–Kier alpha value is -0.590. The number of hydrogen-bond donors (Lipinski definition) is 1. The minimum absolute atomic E-state index is 0.0415. The summed E-state index contributed by atoms with van der Waals surface area (Å²) in [6, 6.07) is 3.24. The van der Waals surface area contributed by atoms with Crippen LogP contribution >= 0.6 is 0 Å². The molecular weight excluding hydrogens is 222 g/mol. The molecule has 1 N–H and O–H groups in total. The normalized spacial score (nSPS) is 27.4. The quantitative estimate of drug-likeness (QED) is 0.786. The summed E-state index contributed by atoms with van der Waals surface area (Å²) >= 11 is 0. The highest BCUT2D eigenvalue weighted by Crippen LogP contribution is 2.35. The summed E-state index contributed by atoms with van der Waals surface area (Å²) in [4.78, 5) is 2.66. The standard InChI is InChI=1S/C15H27N3/c1-2-17-14(12-16)9-11-18-10-5-8-15(18)13-6-3-4-7-13/h13-15,17H,2-11H2,1H3. The fraction of sp³-hybridized carbons (Fsp3) is 0.933. The van der Waals surface area contributed by atoms with Crippen LogP contribution in [0, 0.1) is 17.2 Å². The largest absolute Gasteiger partial charge is 0.302 e. The summed E-state index contributed by atoms with van der Waals surface area (Å²) < 4.78 is 0. The van der Waals surface area contributed by atoms with Crippen LogP contribution in [0.1, 0.15) is 51.9 Å². The fourth-order valence-electron chi connectivity index (χ4n) is 3.76. The molecule has 1 aliphatic carbocycles. The molecule has 3 heteroatoms. The third-order valence-electron chi connectivity index (χ3n) is 4.67. The lowest BCUT2D eigenvalue weighted by atomic mass is 9.96. The average Bonchev–Trinajstić information content (AvgIpc) is 3.04. The monoisotopic (exact) mass is 249 g/mol. The van der Waals surface area contributed by atoms with Gasteiger partial charge in [0.05, 0.1) is 12.1 Å². The number of nitriles is 1. The zero-order valence-electron chi connectivity index (χ0n) is 11.7. The van der Waals surface area contributed by atoms with Crippen molar-refractivity contribution in [3.8, 4) is 6.07 Å². The first-order valence-corrected chi connectivity index (χ1v) is 7.72. The topological polar surface area (TPSA) is 39.1 Å². The molecule has 0 aromatic heterocycles. The van der Waals surface area contributed by atoms with Gasteiger partial charge in [-0.05, 0) is 51.1 Å². The van der Waals surface area contributed by atoms with Crippen molar-refractivity contribution in [3.63, 3.8) is 0 Å². The molecule has 102 valence electrons. The van der Waals surface area contributed by atoms with Crippen molar-refractivity contribution in [1.82, 2.24) is 10.2 Å². The van der Waals surface area contributed by atoms with Crippen LogP contribution in [-0.2, 0) is 0 Å². The highest BCUT2D eigenvalue weighted by molar-refractivity contribution is 4.92. The third kappa shape index (κ3) is 3.46.